The molecule has 0 spiro atoms. The maximum absolute atomic E-state index is 5.43. The van der Waals surface area contributed by atoms with Crippen LogP contribution in [0.2, 0.25) is 0 Å². The van der Waals surface area contributed by atoms with Crippen LogP contribution in [0.4, 0.5) is 5.00 Å². The molecule has 0 unspecified atom stereocenters. The van der Waals surface area contributed by atoms with Crippen molar-refractivity contribution in [2.45, 2.75) is 0 Å². The monoisotopic (exact) mass is 373 g/mol. The van der Waals surface area contributed by atoms with E-state index >= 15 is 0 Å². The van der Waals surface area contributed by atoms with E-state index < -0.39 is 0 Å². The van der Waals surface area contributed by atoms with Gasteiger partial charge >= 0.3 is 0 Å². The van der Waals surface area contributed by atoms with Crippen LogP contribution in [0.25, 0.3) is 11.1 Å². The van der Waals surface area contributed by atoms with Gasteiger partial charge < -0.3 is 9.64 Å². The molecule has 0 bridgehead atoms. The lowest BCUT2D eigenvalue weighted by atomic mass is 10.1. The first kappa shape index (κ1) is 16.4. The first-order chi connectivity index (χ1) is 13.4. The quantitative estimate of drug-likeness (QED) is 0.393. The summed E-state index contributed by atoms with van der Waals surface area (Å²) < 4.78 is 5.43. The van der Waals surface area contributed by atoms with Gasteiger partial charge in [-0.25, -0.2) is 0 Å². The number of fused-ring (bicyclic) bond motifs is 3. The van der Waals surface area contributed by atoms with Gasteiger partial charge in [0.05, 0.1) is 24.4 Å². The summed E-state index contributed by atoms with van der Waals surface area (Å²) in [6.45, 7) is 3.50. The molecule has 0 radical (unpaired) electrons. The molecule has 0 saturated carbocycles. The Morgan fingerprint density at radius 1 is 0.815 bits per heavy atom. The molecule has 27 heavy (non-hydrogen) atoms. The van der Waals surface area contributed by atoms with E-state index in [1.165, 1.54) is 16.1 Å². The second kappa shape index (κ2) is 7.10. The Kier molecular flexibility index (Phi) is 4.32. The maximum Gasteiger partial charge on any atom is 0.101 e. The highest BCUT2D eigenvalue weighted by atomic mass is 32.1. The van der Waals surface area contributed by atoms with E-state index in [1.807, 2.05) is 6.21 Å². The van der Waals surface area contributed by atoms with Crippen molar-refractivity contribution >= 4 is 28.3 Å². The van der Waals surface area contributed by atoms with Gasteiger partial charge in [-0.05, 0) is 23.3 Å². The maximum atomic E-state index is 5.43. The lowest BCUT2D eigenvalue weighted by molar-refractivity contribution is 0.123. The largest absolute Gasteiger partial charge is 0.378 e. The van der Waals surface area contributed by atoms with Gasteiger partial charge in [0.2, 0.25) is 0 Å². The zero-order valence-corrected chi connectivity index (χ0v) is 15.7. The zero-order valence-electron chi connectivity index (χ0n) is 14.8. The van der Waals surface area contributed by atoms with Gasteiger partial charge in [0.15, 0.2) is 0 Å². The second-order valence-electron chi connectivity index (χ2n) is 6.56. The fourth-order valence-electron chi connectivity index (χ4n) is 3.61. The molecule has 2 aliphatic rings. The van der Waals surface area contributed by atoms with Gasteiger partial charge in [0.1, 0.15) is 5.71 Å². The number of morpholine rings is 1. The molecular weight excluding hydrogens is 354 g/mol. The third-order valence-electron chi connectivity index (χ3n) is 4.93. The summed E-state index contributed by atoms with van der Waals surface area (Å²) in [7, 11) is 0. The van der Waals surface area contributed by atoms with E-state index in [2.05, 4.69) is 75.8 Å². The van der Waals surface area contributed by atoms with E-state index in [9.17, 15) is 0 Å². The molecule has 1 fully saturated rings. The molecule has 2 heterocycles. The van der Waals surface area contributed by atoms with Gasteiger partial charge in [-0.2, -0.15) is 5.10 Å². The van der Waals surface area contributed by atoms with Gasteiger partial charge in [-0.15, -0.1) is 16.4 Å². The number of thiophene rings is 1. The molecule has 0 amide bonds. The summed E-state index contributed by atoms with van der Waals surface area (Å²) in [6, 6.07) is 21.0. The molecular formula is C22H19N3OS. The SMILES string of the molecule is C(=N/N=C1c2ccccc2-c2ccccc21)/c1ccc(N2CCOCC2)s1. The molecule has 5 rings (SSSR count). The number of ether oxygens (including phenoxy) is 1. The fraction of sp³-hybridized carbons (Fsp3) is 0.182. The minimum atomic E-state index is 0.799. The second-order valence-corrected chi connectivity index (χ2v) is 7.65. The van der Waals surface area contributed by atoms with Crippen molar-refractivity contribution in [3.05, 3.63) is 76.7 Å². The van der Waals surface area contributed by atoms with E-state index in [1.54, 1.807) is 11.3 Å². The molecule has 1 aliphatic heterocycles. The van der Waals surface area contributed by atoms with Gasteiger partial charge in [0.25, 0.3) is 0 Å². The number of benzene rings is 2. The molecule has 5 heteroatoms. The zero-order chi connectivity index (χ0) is 18.1. The summed E-state index contributed by atoms with van der Waals surface area (Å²) in [5.41, 5.74) is 5.70. The Hall–Kier alpha value is -2.76. The van der Waals surface area contributed by atoms with Crippen molar-refractivity contribution < 1.29 is 4.74 Å². The predicted molar refractivity (Wildman–Crippen MR) is 112 cm³/mol. The lowest BCUT2D eigenvalue weighted by Crippen LogP contribution is -2.35. The van der Waals surface area contributed by atoms with Gasteiger partial charge in [-0.1, -0.05) is 48.5 Å². The number of rotatable bonds is 3. The lowest BCUT2D eigenvalue weighted by Gasteiger charge is -2.27. The summed E-state index contributed by atoms with van der Waals surface area (Å²) in [5.74, 6) is 0. The Balaban J connectivity index is 1.42. The van der Waals surface area contributed by atoms with Crippen molar-refractivity contribution in [1.82, 2.24) is 0 Å². The number of anilines is 1. The van der Waals surface area contributed by atoms with Crippen molar-refractivity contribution in [2.24, 2.45) is 10.2 Å². The Bertz CT molecular complexity index is 984. The highest BCUT2D eigenvalue weighted by Crippen LogP contribution is 2.36. The molecule has 0 atom stereocenters. The van der Waals surface area contributed by atoms with Crippen LogP contribution in [-0.2, 0) is 4.74 Å². The molecule has 2 aromatic carbocycles. The van der Waals surface area contributed by atoms with Crippen molar-refractivity contribution in [1.29, 1.82) is 0 Å². The van der Waals surface area contributed by atoms with Crippen LogP contribution >= 0.6 is 11.3 Å². The van der Waals surface area contributed by atoms with Crippen LogP contribution in [0.15, 0.2) is 70.9 Å². The Morgan fingerprint density at radius 3 is 2.11 bits per heavy atom. The molecule has 3 aromatic rings. The van der Waals surface area contributed by atoms with Crippen LogP contribution in [0.1, 0.15) is 16.0 Å². The Labute approximate surface area is 162 Å². The third kappa shape index (κ3) is 3.09. The van der Waals surface area contributed by atoms with Crippen molar-refractivity contribution in [3.8, 4) is 11.1 Å². The summed E-state index contributed by atoms with van der Waals surface area (Å²) in [4.78, 5) is 3.47. The normalized spacial score (nSPS) is 15.9. The summed E-state index contributed by atoms with van der Waals surface area (Å²) >= 11 is 1.74. The van der Waals surface area contributed by atoms with Crippen LogP contribution in [0.5, 0.6) is 0 Å². The molecule has 1 saturated heterocycles. The summed E-state index contributed by atoms with van der Waals surface area (Å²) in [6.07, 6.45) is 1.85. The van der Waals surface area contributed by atoms with E-state index in [0.29, 0.717) is 0 Å². The molecule has 134 valence electrons. The molecule has 1 aliphatic carbocycles. The Morgan fingerprint density at radius 2 is 1.44 bits per heavy atom. The number of nitrogens with zero attached hydrogens (tertiary/aromatic N) is 3. The average Bonchev–Trinajstić information content (AvgIpc) is 3.33. The number of hydrogen-bond donors (Lipinski definition) is 0. The number of hydrogen-bond acceptors (Lipinski definition) is 5. The minimum Gasteiger partial charge on any atom is -0.378 e. The smallest absolute Gasteiger partial charge is 0.101 e. The van der Waals surface area contributed by atoms with Crippen LogP contribution in [0.3, 0.4) is 0 Å². The van der Waals surface area contributed by atoms with E-state index in [4.69, 9.17) is 4.74 Å². The van der Waals surface area contributed by atoms with Crippen LogP contribution < -0.4 is 4.90 Å². The van der Waals surface area contributed by atoms with Crippen molar-refractivity contribution in [2.75, 3.05) is 31.2 Å². The average molecular weight is 373 g/mol. The van der Waals surface area contributed by atoms with Gasteiger partial charge in [-0.3, -0.25) is 0 Å². The topological polar surface area (TPSA) is 37.2 Å². The standard InChI is InChI=1S/C22H19N3OS/c1-3-7-19-17(5-1)18-6-2-4-8-20(18)22(19)24-23-15-16-9-10-21(27-16)25-11-13-26-14-12-25/h1-10,15H,11-14H2/b23-15-. The molecule has 1 aromatic heterocycles. The highest BCUT2D eigenvalue weighted by molar-refractivity contribution is 7.17. The predicted octanol–water partition coefficient (Wildman–Crippen LogP) is 4.44. The first-order valence-corrected chi connectivity index (χ1v) is 9.94. The van der Waals surface area contributed by atoms with Gasteiger partial charge in [0, 0.05) is 29.1 Å². The van der Waals surface area contributed by atoms with Crippen LogP contribution in [0, 0.1) is 0 Å². The van der Waals surface area contributed by atoms with E-state index in [0.717, 1.165) is 48.0 Å². The minimum absolute atomic E-state index is 0.799. The van der Waals surface area contributed by atoms with Crippen LogP contribution in [-0.4, -0.2) is 38.2 Å². The highest BCUT2D eigenvalue weighted by Gasteiger charge is 2.23. The first-order valence-electron chi connectivity index (χ1n) is 9.13. The van der Waals surface area contributed by atoms with E-state index in [-0.39, 0.29) is 0 Å². The molecule has 0 N–H and O–H groups in total. The third-order valence-corrected chi connectivity index (χ3v) is 6.01. The summed E-state index contributed by atoms with van der Waals surface area (Å²) in [5, 5.41) is 10.3. The molecule has 4 nitrogen and oxygen atoms in total. The fourth-order valence-corrected chi connectivity index (χ4v) is 4.54. The van der Waals surface area contributed by atoms with Crippen molar-refractivity contribution in [3.63, 3.8) is 0 Å².